The van der Waals surface area contributed by atoms with Gasteiger partial charge in [0.15, 0.2) is 6.61 Å². The van der Waals surface area contributed by atoms with Gasteiger partial charge in [-0.05, 0) is 39.9 Å². The number of pyridine rings is 1. The van der Waals surface area contributed by atoms with Gasteiger partial charge in [0.2, 0.25) is 0 Å². The second-order valence-electron chi connectivity index (χ2n) is 6.13. The van der Waals surface area contributed by atoms with Crippen LogP contribution in [0.5, 0.6) is 0 Å². The lowest BCUT2D eigenvalue weighted by atomic mass is 9.97. The zero-order valence-electron chi connectivity index (χ0n) is 14.2. The topological polar surface area (TPSA) is 68.3 Å². The predicted octanol–water partition coefficient (Wildman–Crippen LogP) is 3.90. The Morgan fingerprint density at radius 2 is 1.92 bits per heavy atom. The lowest BCUT2D eigenvalue weighted by molar-refractivity contribution is -0.125. The normalized spacial score (nSPS) is 11.8. The molecule has 0 radical (unpaired) electrons. The summed E-state index contributed by atoms with van der Waals surface area (Å²) < 4.78 is 5.75. The Bertz CT molecular complexity index is 720. The Morgan fingerprint density at radius 1 is 1.20 bits per heavy atom. The van der Waals surface area contributed by atoms with Crippen LogP contribution in [0.1, 0.15) is 42.2 Å². The summed E-state index contributed by atoms with van der Waals surface area (Å²) >= 11 is 3.24. The minimum Gasteiger partial charge on any atom is -0.452 e. The van der Waals surface area contributed by atoms with Crippen LogP contribution in [0, 0.1) is 5.92 Å². The molecule has 25 heavy (non-hydrogen) atoms. The van der Waals surface area contributed by atoms with Gasteiger partial charge in [-0.25, -0.2) is 4.79 Å². The van der Waals surface area contributed by atoms with Crippen molar-refractivity contribution < 1.29 is 14.3 Å². The number of halogens is 1. The van der Waals surface area contributed by atoms with Gasteiger partial charge in [0.25, 0.3) is 5.91 Å². The van der Waals surface area contributed by atoms with Crippen molar-refractivity contribution in [2.45, 2.75) is 26.3 Å². The summed E-state index contributed by atoms with van der Waals surface area (Å²) in [6.45, 7) is 3.87. The highest BCUT2D eigenvalue weighted by molar-refractivity contribution is 9.10. The standard InChI is InChI=1S/C19H21BrN2O3/c1-13(2)8-17(14-6-4-3-5-7-14)22-18(23)12-25-19(24)15-9-16(20)11-21-10-15/h3-7,9-11,13,17H,8,12H2,1-2H3,(H,22,23). The molecule has 2 rings (SSSR count). The summed E-state index contributed by atoms with van der Waals surface area (Å²) in [4.78, 5) is 28.1. The number of rotatable bonds is 7. The Kier molecular flexibility index (Phi) is 7.13. The maximum Gasteiger partial charge on any atom is 0.340 e. The van der Waals surface area contributed by atoms with Crippen molar-refractivity contribution in [1.82, 2.24) is 10.3 Å². The number of nitrogens with zero attached hydrogens (tertiary/aromatic N) is 1. The van der Waals surface area contributed by atoms with Crippen molar-refractivity contribution in [3.8, 4) is 0 Å². The number of carbonyl (C=O) groups excluding carboxylic acids is 2. The molecule has 1 N–H and O–H groups in total. The van der Waals surface area contributed by atoms with Crippen LogP contribution in [0.25, 0.3) is 0 Å². The van der Waals surface area contributed by atoms with E-state index in [0.717, 1.165) is 12.0 Å². The highest BCUT2D eigenvalue weighted by atomic mass is 79.9. The Hall–Kier alpha value is -2.21. The molecular weight excluding hydrogens is 384 g/mol. The molecule has 2 aromatic rings. The molecule has 1 atom stereocenters. The Labute approximate surface area is 155 Å². The molecule has 0 bridgehead atoms. The van der Waals surface area contributed by atoms with Crippen molar-refractivity contribution in [2.75, 3.05) is 6.61 Å². The van der Waals surface area contributed by atoms with Gasteiger partial charge in [0, 0.05) is 16.9 Å². The van der Waals surface area contributed by atoms with Crippen molar-refractivity contribution >= 4 is 27.8 Å². The molecule has 0 saturated heterocycles. The SMILES string of the molecule is CC(C)CC(NC(=O)COC(=O)c1cncc(Br)c1)c1ccccc1. The molecule has 132 valence electrons. The molecule has 0 saturated carbocycles. The van der Waals surface area contributed by atoms with Gasteiger partial charge in [-0.2, -0.15) is 0 Å². The monoisotopic (exact) mass is 404 g/mol. The zero-order chi connectivity index (χ0) is 18.2. The zero-order valence-corrected chi connectivity index (χ0v) is 15.8. The second kappa shape index (κ2) is 9.32. The van der Waals surface area contributed by atoms with Gasteiger partial charge >= 0.3 is 5.97 Å². The van der Waals surface area contributed by atoms with E-state index < -0.39 is 5.97 Å². The number of benzene rings is 1. The summed E-state index contributed by atoms with van der Waals surface area (Å²) in [6.07, 6.45) is 3.77. The van der Waals surface area contributed by atoms with Crippen molar-refractivity contribution in [3.63, 3.8) is 0 Å². The van der Waals surface area contributed by atoms with Crippen molar-refractivity contribution in [2.24, 2.45) is 5.92 Å². The van der Waals surface area contributed by atoms with Gasteiger partial charge in [-0.15, -0.1) is 0 Å². The van der Waals surface area contributed by atoms with E-state index in [-0.39, 0.29) is 18.6 Å². The number of carbonyl (C=O) groups is 2. The van der Waals surface area contributed by atoms with E-state index in [4.69, 9.17) is 4.74 Å². The maximum atomic E-state index is 12.2. The van der Waals surface area contributed by atoms with E-state index >= 15 is 0 Å². The third kappa shape index (κ3) is 6.31. The molecule has 1 amide bonds. The molecular formula is C19H21BrN2O3. The maximum absolute atomic E-state index is 12.2. The van der Waals surface area contributed by atoms with Gasteiger partial charge in [-0.1, -0.05) is 44.2 Å². The highest BCUT2D eigenvalue weighted by Gasteiger charge is 2.17. The summed E-state index contributed by atoms with van der Waals surface area (Å²) in [5.41, 5.74) is 1.33. The van der Waals surface area contributed by atoms with Crippen LogP contribution < -0.4 is 5.32 Å². The molecule has 1 aromatic heterocycles. The lowest BCUT2D eigenvalue weighted by Gasteiger charge is -2.21. The number of amides is 1. The summed E-state index contributed by atoms with van der Waals surface area (Å²) in [7, 11) is 0. The molecule has 1 unspecified atom stereocenters. The van der Waals surface area contributed by atoms with Gasteiger partial charge in [0.1, 0.15) is 0 Å². The van der Waals surface area contributed by atoms with Crippen molar-refractivity contribution in [1.29, 1.82) is 0 Å². The molecule has 1 aromatic carbocycles. The fourth-order valence-electron chi connectivity index (χ4n) is 2.41. The van der Waals surface area contributed by atoms with Crippen LogP contribution in [-0.2, 0) is 9.53 Å². The molecule has 1 heterocycles. The lowest BCUT2D eigenvalue weighted by Crippen LogP contribution is -2.33. The van der Waals surface area contributed by atoms with Gasteiger partial charge < -0.3 is 10.1 Å². The average molecular weight is 405 g/mol. The van der Waals surface area contributed by atoms with E-state index in [1.807, 2.05) is 30.3 Å². The molecule has 0 fully saturated rings. The first-order chi connectivity index (χ1) is 12.0. The fraction of sp³-hybridized carbons (Fsp3) is 0.316. The summed E-state index contributed by atoms with van der Waals surface area (Å²) in [6, 6.07) is 11.3. The largest absolute Gasteiger partial charge is 0.452 e. The van der Waals surface area contributed by atoms with Crippen LogP contribution in [0.15, 0.2) is 53.3 Å². The first-order valence-corrected chi connectivity index (χ1v) is 8.87. The minimum atomic E-state index is -0.580. The van der Waals surface area contributed by atoms with Gasteiger partial charge in [0.05, 0.1) is 11.6 Å². The van der Waals surface area contributed by atoms with E-state index in [2.05, 4.69) is 40.1 Å². The number of ether oxygens (including phenoxy) is 1. The predicted molar refractivity (Wildman–Crippen MR) is 99.0 cm³/mol. The smallest absolute Gasteiger partial charge is 0.340 e. The van der Waals surface area contributed by atoms with Crippen LogP contribution >= 0.6 is 15.9 Å². The summed E-state index contributed by atoms with van der Waals surface area (Å²) in [5.74, 6) is -0.490. The first-order valence-electron chi connectivity index (χ1n) is 8.07. The molecule has 0 spiro atoms. The summed E-state index contributed by atoms with van der Waals surface area (Å²) in [5, 5.41) is 2.94. The van der Waals surface area contributed by atoms with E-state index in [0.29, 0.717) is 16.0 Å². The number of hydrogen-bond donors (Lipinski definition) is 1. The van der Waals surface area contributed by atoms with Crippen LogP contribution in [0.2, 0.25) is 0 Å². The highest BCUT2D eigenvalue weighted by Crippen LogP contribution is 2.21. The number of esters is 1. The van der Waals surface area contributed by atoms with E-state index in [1.165, 1.54) is 6.20 Å². The molecule has 0 aliphatic heterocycles. The first kappa shape index (κ1) is 19.1. The Balaban J connectivity index is 1.93. The van der Waals surface area contributed by atoms with Crippen LogP contribution in [0.4, 0.5) is 0 Å². The van der Waals surface area contributed by atoms with E-state index in [9.17, 15) is 9.59 Å². The third-order valence-corrected chi connectivity index (χ3v) is 3.95. The fourth-order valence-corrected chi connectivity index (χ4v) is 2.77. The van der Waals surface area contributed by atoms with Crippen LogP contribution in [-0.4, -0.2) is 23.5 Å². The van der Waals surface area contributed by atoms with E-state index in [1.54, 1.807) is 12.3 Å². The number of nitrogens with one attached hydrogen (secondary N) is 1. The quantitative estimate of drug-likeness (QED) is 0.710. The molecule has 0 aliphatic carbocycles. The molecule has 5 nitrogen and oxygen atoms in total. The third-order valence-electron chi connectivity index (χ3n) is 3.52. The number of hydrogen-bond acceptors (Lipinski definition) is 4. The number of aromatic nitrogens is 1. The average Bonchev–Trinajstić information content (AvgIpc) is 2.59. The van der Waals surface area contributed by atoms with Gasteiger partial charge in [-0.3, -0.25) is 9.78 Å². The Morgan fingerprint density at radius 3 is 2.56 bits per heavy atom. The second-order valence-corrected chi connectivity index (χ2v) is 7.04. The van der Waals surface area contributed by atoms with Crippen molar-refractivity contribution in [3.05, 3.63) is 64.4 Å². The molecule has 0 aliphatic rings. The van der Waals surface area contributed by atoms with Crippen LogP contribution in [0.3, 0.4) is 0 Å². The minimum absolute atomic E-state index is 0.111. The molecule has 6 heteroatoms.